The number of ketones is 1. The summed E-state index contributed by atoms with van der Waals surface area (Å²) in [5.41, 5.74) is 1.30. The van der Waals surface area contributed by atoms with Crippen molar-refractivity contribution < 1.29 is 9.72 Å². The van der Waals surface area contributed by atoms with Crippen molar-refractivity contribution in [2.24, 2.45) is 0 Å². The molecule has 1 aromatic carbocycles. The lowest BCUT2D eigenvalue weighted by atomic mass is 10.0. The van der Waals surface area contributed by atoms with Gasteiger partial charge in [-0.1, -0.05) is 35.0 Å². The van der Waals surface area contributed by atoms with Crippen molar-refractivity contribution in [3.8, 4) is 0 Å². The highest BCUT2D eigenvalue weighted by Gasteiger charge is 2.23. The predicted molar refractivity (Wildman–Crippen MR) is 64.8 cm³/mol. The molecule has 1 rings (SSSR count). The van der Waals surface area contributed by atoms with Crippen molar-refractivity contribution >= 4 is 27.4 Å². The van der Waals surface area contributed by atoms with Crippen LogP contribution < -0.4 is 0 Å². The molecule has 4 nitrogen and oxygen atoms in total. The van der Waals surface area contributed by atoms with E-state index in [0.717, 1.165) is 12.0 Å². The molecular weight excluding hydrogens is 274 g/mol. The third kappa shape index (κ3) is 2.66. The molecule has 0 spiro atoms. The first-order valence-electron chi connectivity index (χ1n) is 4.89. The van der Waals surface area contributed by atoms with Gasteiger partial charge in [0.05, 0.1) is 10.5 Å². The lowest BCUT2D eigenvalue weighted by Gasteiger charge is -2.08. The molecule has 0 aliphatic heterocycles. The maximum absolute atomic E-state index is 11.2. The fraction of sp³-hybridized carbons (Fsp3) is 0.364. The number of aryl methyl sites for hydroxylation is 1. The number of alkyl halides is 1. The van der Waals surface area contributed by atoms with E-state index in [9.17, 15) is 14.9 Å². The molecule has 1 unspecified atom stereocenters. The number of rotatable bonds is 4. The van der Waals surface area contributed by atoms with Crippen molar-refractivity contribution in [2.45, 2.75) is 25.1 Å². The molecule has 1 atom stereocenters. The number of hydrogen-bond acceptors (Lipinski definition) is 3. The van der Waals surface area contributed by atoms with Gasteiger partial charge in [0.1, 0.15) is 10.6 Å². The van der Waals surface area contributed by atoms with Gasteiger partial charge in [0.25, 0.3) is 5.69 Å². The Morgan fingerprint density at radius 2 is 2.19 bits per heavy atom. The van der Waals surface area contributed by atoms with Crippen molar-refractivity contribution in [2.75, 3.05) is 0 Å². The molecule has 0 aliphatic rings. The van der Waals surface area contributed by atoms with Crippen molar-refractivity contribution in [3.63, 3.8) is 0 Å². The standard InChI is InChI=1S/C11H12BrNO3/c1-3-8-4-5-9(11(12)7(2)14)10(6-8)13(15)16/h4-6,11H,3H2,1-2H3. The minimum atomic E-state index is -0.612. The zero-order chi connectivity index (χ0) is 12.3. The second kappa shape index (κ2) is 5.21. The highest BCUT2D eigenvalue weighted by molar-refractivity contribution is 9.09. The Bertz CT molecular complexity index is 431. The Balaban J connectivity index is 3.28. The van der Waals surface area contributed by atoms with Gasteiger partial charge < -0.3 is 0 Å². The molecular formula is C11H12BrNO3. The topological polar surface area (TPSA) is 60.2 Å². The zero-order valence-corrected chi connectivity index (χ0v) is 10.7. The summed E-state index contributed by atoms with van der Waals surface area (Å²) in [5, 5.41) is 10.9. The smallest absolute Gasteiger partial charge is 0.274 e. The van der Waals surface area contributed by atoms with Gasteiger partial charge in [0.15, 0.2) is 0 Å². The van der Waals surface area contributed by atoms with E-state index in [0.29, 0.717) is 5.56 Å². The van der Waals surface area contributed by atoms with Crippen LogP contribution in [0.5, 0.6) is 0 Å². The van der Waals surface area contributed by atoms with E-state index in [4.69, 9.17) is 0 Å². The minimum Gasteiger partial charge on any atom is -0.298 e. The minimum absolute atomic E-state index is 0.00331. The highest BCUT2D eigenvalue weighted by Crippen LogP contribution is 2.32. The van der Waals surface area contributed by atoms with E-state index in [2.05, 4.69) is 15.9 Å². The summed E-state index contributed by atoms with van der Waals surface area (Å²) in [6.45, 7) is 3.33. The summed E-state index contributed by atoms with van der Waals surface area (Å²) in [5.74, 6) is -0.146. The second-order valence-electron chi connectivity index (χ2n) is 3.48. The van der Waals surface area contributed by atoms with Crippen LogP contribution in [0.3, 0.4) is 0 Å². The number of nitro groups is 1. The Kier molecular flexibility index (Phi) is 4.18. The van der Waals surface area contributed by atoms with E-state index < -0.39 is 9.75 Å². The van der Waals surface area contributed by atoms with Crippen LogP contribution in [0.2, 0.25) is 0 Å². The van der Waals surface area contributed by atoms with Crippen LogP contribution in [0.1, 0.15) is 29.8 Å². The van der Waals surface area contributed by atoms with Gasteiger partial charge in [-0.05, 0) is 18.9 Å². The maximum Gasteiger partial charge on any atom is 0.274 e. The molecule has 0 amide bonds. The summed E-state index contributed by atoms with van der Waals surface area (Å²) in [6.07, 6.45) is 0.730. The molecule has 0 aromatic heterocycles. The van der Waals surface area contributed by atoms with Gasteiger partial charge in [-0.3, -0.25) is 14.9 Å². The van der Waals surface area contributed by atoms with Gasteiger partial charge in [-0.2, -0.15) is 0 Å². The number of hydrogen-bond donors (Lipinski definition) is 0. The summed E-state index contributed by atoms with van der Waals surface area (Å²) >= 11 is 3.16. The maximum atomic E-state index is 11.2. The zero-order valence-electron chi connectivity index (χ0n) is 9.07. The van der Waals surface area contributed by atoms with Crippen LogP contribution in [-0.4, -0.2) is 10.7 Å². The monoisotopic (exact) mass is 285 g/mol. The van der Waals surface area contributed by atoms with Crippen LogP contribution in [0, 0.1) is 10.1 Å². The van der Waals surface area contributed by atoms with Crippen molar-refractivity contribution in [1.82, 2.24) is 0 Å². The molecule has 1 aromatic rings. The number of benzene rings is 1. The van der Waals surface area contributed by atoms with Gasteiger partial charge >= 0.3 is 0 Å². The number of nitro benzene ring substituents is 1. The fourth-order valence-electron chi connectivity index (χ4n) is 1.40. The van der Waals surface area contributed by atoms with Crippen LogP contribution in [0.25, 0.3) is 0 Å². The molecule has 5 heteroatoms. The highest BCUT2D eigenvalue weighted by atomic mass is 79.9. The molecule has 0 fully saturated rings. The van der Waals surface area contributed by atoms with Crippen molar-refractivity contribution in [3.05, 3.63) is 39.4 Å². The molecule has 0 bridgehead atoms. The van der Waals surface area contributed by atoms with Crippen molar-refractivity contribution in [1.29, 1.82) is 0 Å². The van der Waals surface area contributed by atoms with Gasteiger partial charge in [0, 0.05) is 6.07 Å². The average Bonchev–Trinajstić information content (AvgIpc) is 2.26. The number of carbonyl (C=O) groups is 1. The van der Waals surface area contributed by atoms with E-state index in [-0.39, 0.29) is 11.5 Å². The summed E-state index contributed by atoms with van der Waals surface area (Å²) < 4.78 is 0. The van der Waals surface area contributed by atoms with E-state index in [1.807, 2.05) is 6.92 Å². The van der Waals surface area contributed by atoms with Gasteiger partial charge in [0.2, 0.25) is 0 Å². The summed E-state index contributed by atoms with van der Waals surface area (Å²) in [6, 6.07) is 4.96. The van der Waals surface area contributed by atoms with Crippen LogP contribution in [-0.2, 0) is 11.2 Å². The molecule has 0 saturated carbocycles. The third-order valence-electron chi connectivity index (χ3n) is 2.33. The molecule has 0 aliphatic carbocycles. The van der Waals surface area contributed by atoms with Crippen LogP contribution in [0.4, 0.5) is 5.69 Å². The van der Waals surface area contributed by atoms with Gasteiger partial charge in [-0.25, -0.2) is 0 Å². The Labute approximate surface area is 102 Å². The molecule has 16 heavy (non-hydrogen) atoms. The first-order chi connectivity index (χ1) is 7.47. The molecule has 0 radical (unpaired) electrons. The average molecular weight is 286 g/mol. The quantitative estimate of drug-likeness (QED) is 0.485. The Morgan fingerprint density at radius 1 is 1.56 bits per heavy atom. The molecule has 0 saturated heterocycles. The molecule has 0 N–H and O–H groups in total. The van der Waals surface area contributed by atoms with Crippen LogP contribution in [0.15, 0.2) is 18.2 Å². The third-order valence-corrected chi connectivity index (χ3v) is 3.47. The number of carbonyl (C=O) groups excluding carboxylic acids is 1. The molecule has 86 valence electrons. The second-order valence-corrected chi connectivity index (χ2v) is 4.39. The van der Waals surface area contributed by atoms with E-state index >= 15 is 0 Å². The number of halogens is 1. The lowest BCUT2D eigenvalue weighted by Crippen LogP contribution is -2.05. The fourth-order valence-corrected chi connectivity index (χ4v) is 1.79. The number of nitrogens with zero attached hydrogens (tertiary/aromatic N) is 1. The Hall–Kier alpha value is -1.23. The first-order valence-corrected chi connectivity index (χ1v) is 5.80. The largest absolute Gasteiger partial charge is 0.298 e. The predicted octanol–water partition coefficient (Wildman–Crippen LogP) is 3.18. The lowest BCUT2D eigenvalue weighted by molar-refractivity contribution is -0.385. The first kappa shape index (κ1) is 12.8. The number of Topliss-reactive ketones (excluding diaryl/α,β-unsaturated/α-hetero) is 1. The van der Waals surface area contributed by atoms with E-state index in [1.54, 1.807) is 12.1 Å². The van der Waals surface area contributed by atoms with E-state index in [1.165, 1.54) is 13.0 Å². The molecule has 0 heterocycles. The van der Waals surface area contributed by atoms with Gasteiger partial charge in [-0.15, -0.1) is 0 Å². The summed E-state index contributed by atoms with van der Waals surface area (Å²) in [4.78, 5) is 21.0. The normalized spacial score (nSPS) is 12.2. The summed E-state index contributed by atoms with van der Waals surface area (Å²) in [7, 11) is 0. The van der Waals surface area contributed by atoms with Crippen LogP contribution >= 0.6 is 15.9 Å². The SMILES string of the molecule is CCc1ccc(C(Br)C(C)=O)c([N+](=O)[O-])c1. The Morgan fingerprint density at radius 3 is 2.62 bits per heavy atom.